The quantitative estimate of drug-likeness (QED) is 0.721. The lowest BCUT2D eigenvalue weighted by atomic mass is 9.82. The summed E-state index contributed by atoms with van der Waals surface area (Å²) in [6, 6.07) is 0.118. The molecule has 1 aliphatic rings. The van der Waals surface area contributed by atoms with Crippen LogP contribution >= 0.6 is 0 Å². The highest BCUT2D eigenvalue weighted by molar-refractivity contribution is 5.85. The third-order valence-corrected chi connectivity index (χ3v) is 3.20. The van der Waals surface area contributed by atoms with Crippen molar-refractivity contribution in [2.24, 2.45) is 11.8 Å². The zero-order chi connectivity index (χ0) is 12.8. The summed E-state index contributed by atoms with van der Waals surface area (Å²) in [7, 11) is 0. The molecule has 0 aromatic heterocycles. The van der Waals surface area contributed by atoms with Crippen molar-refractivity contribution in [3.63, 3.8) is 0 Å². The van der Waals surface area contributed by atoms with Gasteiger partial charge < -0.3 is 10.4 Å². The number of carbonyl (C=O) groups excluding carboxylic acids is 1. The second kappa shape index (κ2) is 6.42. The highest BCUT2D eigenvalue weighted by atomic mass is 16.4. The van der Waals surface area contributed by atoms with Crippen molar-refractivity contribution in [3.05, 3.63) is 12.2 Å². The Balaban J connectivity index is 2.60. The standard InChI is InChI=1S/C13H21NO3/c1-3-6-9(2)14-12(15)10-7-4-5-8-11(10)13(16)17/h4-5,9-11H,3,6-8H2,1-2H3,(H,14,15)(H,16,17). The Morgan fingerprint density at radius 2 is 1.94 bits per heavy atom. The zero-order valence-electron chi connectivity index (χ0n) is 10.5. The number of carbonyl (C=O) groups is 2. The fourth-order valence-electron chi connectivity index (χ4n) is 2.23. The molecule has 4 nitrogen and oxygen atoms in total. The van der Waals surface area contributed by atoms with Crippen molar-refractivity contribution in [2.45, 2.75) is 45.6 Å². The first-order valence-corrected chi connectivity index (χ1v) is 6.24. The lowest BCUT2D eigenvalue weighted by molar-refractivity contribution is -0.147. The molecule has 1 rings (SSSR count). The SMILES string of the molecule is CCCC(C)NC(=O)C1CC=CCC1C(=O)O. The number of hydrogen-bond acceptors (Lipinski definition) is 2. The molecule has 3 atom stereocenters. The number of amides is 1. The molecular formula is C13H21NO3. The number of nitrogens with one attached hydrogen (secondary N) is 1. The Kier molecular flexibility index (Phi) is 5.19. The summed E-state index contributed by atoms with van der Waals surface area (Å²) in [5, 5.41) is 12.0. The summed E-state index contributed by atoms with van der Waals surface area (Å²) in [5.41, 5.74) is 0. The van der Waals surface area contributed by atoms with Crippen molar-refractivity contribution >= 4 is 11.9 Å². The number of aliphatic carboxylic acids is 1. The van der Waals surface area contributed by atoms with Crippen LogP contribution in [0.4, 0.5) is 0 Å². The molecule has 4 heteroatoms. The van der Waals surface area contributed by atoms with Gasteiger partial charge in [-0.1, -0.05) is 25.5 Å². The van der Waals surface area contributed by atoms with Gasteiger partial charge in [-0.3, -0.25) is 9.59 Å². The van der Waals surface area contributed by atoms with E-state index in [9.17, 15) is 9.59 Å². The number of carboxylic acids is 1. The Morgan fingerprint density at radius 1 is 1.35 bits per heavy atom. The van der Waals surface area contributed by atoms with Crippen LogP contribution in [-0.2, 0) is 9.59 Å². The van der Waals surface area contributed by atoms with Crippen LogP contribution in [0, 0.1) is 11.8 Å². The number of carboxylic acid groups (broad SMARTS) is 1. The van der Waals surface area contributed by atoms with Crippen molar-refractivity contribution in [1.82, 2.24) is 5.32 Å². The van der Waals surface area contributed by atoms with E-state index in [0.717, 1.165) is 12.8 Å². The minimum absolute atomic E-state index is 0.118. The molecule has 96 valence electrons. The van der Waals surface area contributed by atoms with E-state index in [1.807, 2.05) is 19.1 Å². The highest BCUT2D eigenvalue weighted by Crippen LogP contribution is 2.26. The molecule has 1 aliphatic carbocycles. The summed E-state index contributed by atoms with van der Waals surface area (Å²) in [6.45, 7) is 4.02. The maximum absolute atomic E-state index is 12.0. The van der Waals surface area contributed by atoms with E-state index in [1.165, 1.54) is 0 Å². The van der Waals surface area contributed by atoms with Gasteiger partial charge in [0.05, 0.1) is 11.8 Å². The van der Waals surface area contributed by atoms with Gasteiger partial charge in [0.1, 0.15) is 0 Å². The fraction of sp³-hybridized carbons (Fsp3) is 0.692. The summed E-state index contributed by atoms with van der Waals surface area (Å²) in [5.74, 6) is -1.99. The Hall–Kier alpha value is -1.32. The van der Waals surface area contributed by atoms with Crippen molar-refractivity contribution in [1.29, 1.82) is 0 Å². The average Bonchev–Trinajstić information content (AvgIpc) is 2.29. The van der Waals surface area contributed by atoms with Gasteiger partial charge >= 0.3 is 5.97 Å². The molecular weight excluding hydrogens is 218 g/mol. The van der Waals surface area contributed by atoms with Gasteiger partial charge in [-0.2, -0.15) is 0 Å². The molecule has 0 aromatic carbocycles. The third kappa shape index (κ3) is 3.88. The van der Waals surface area contributed by atoms with E-state index < -0.39 is 17.8 Å². The zero-order valence-corrected chi connectivity index (χ0v) is 10.5. The van der Waals surface area contributed by atoms with Crippen LogP contribution in [0.3, 0.4) is 0 Å². The van der Waals surface area contributed by atoms with Crippen LogP contribution in [-0.4, -0.2) is 23.0 Å². The fourth-order valence-corrected chi connectivity index (χ4v) is 2.23. The van der Waals surface area contributed by atoms with E-state index in [-0.39, 0.29) is 11.9 Å². The molecule has 0 fully saturated rings. The monoisotopic (exact) mass is 239 g/mol. The van der Waals surface area contributed by atoms with E-state index in [1.54, 1.807) is 0 Å². The molecule has 0 saturated carbocycles. The first-order valence-electron chi connectivity index (χ1n) is 6.24. The van der Waals surface area contributed by atoms with Crippen molar-refractivity contribution < 1.29 is 14.7 Å². The van der Waals surface area contributed by atoms with Crippen LogP contribution in [0.1, 0.15) is 39.5 Å². The molecule has 0 aliphatic heterocycles. The minimum Gasteiger partial charge on any atom is -0.481 e. The molecule has 0 radical (unpaired) electrons. The normalized spacial score (nSPS) is 25.3. The third-order valence-electron chi connectivity index (χ3n) is 3.20. The minimum atomic E-state index is -0.877. The molecule has 0 heterocycles. The maximum Gasteiger partial charge on any atom is 0.307 e. The van der Waals surface area contributed by atoms with Gasteiger partial charge in [-0.05, 0) is 26.2 Å². The summed E-state index contributed by atoms with van der Waals surface area (Å²) < 4.78 is 0. The molecule has 3 unspecified atom stereocenters. The lowest BCUT2D eigenvalue weighted by Gasteiger charge is -2.25. The van der Waals surface area contributed by atoms with Crippen molar-refractivity contribution in [2.75, 3.05) is 0 Å². The van der Waals surface area contributed by atoms with E-state index in [4.69, 9.17) is 5.11 Å². The molecule has 0 spiro atoms. The Bertz CT molecular complexity index is 312. The van der Waals surface area contributed by atoms with Crippen molar-refractivity contribution in [3.8, 4) is 0 Å². The van der Waals surface area contributed by atoms with Gasteiger partial charge in [-0.25, -0.2) is 0 Å². The van der Waals surface area contributed by atoms with Crippen LogP contribution in [0.25, 0.3) is 0 Å². The van der Waals surface area contributed by atoms with Crippen LogP contribution < -0.4 is 5.32 Å². The number of allylic oxidation sites excluding steroid dienone is 2. The second-order valence-electron chi connectivity index (χ2n) is 4.69. The Morgan fingerprint density at radius 3 is 2.47 bits per heavy atom. The van der Waals surface area contributed by atoms with Gasteiger partial charge in [0.25, 0.3) is 0 Å². The second-order valence-corrected chi connectivity index (χ2v) is 4.69. The first kappa shape index (κ1) is 13.7. The molecule has 2 N–H and O–H groups in total. The lowest BCUT2D eigenvalue weighted by Crippen LogP contribution is -2.42. The predicted molar refractivity (Wildman–Crippen MR) is 65.5 cm³/mol. The van der Waals surface area contributed by atoms with Crippen LogP contribution in [0.2, 0.25) is 0 Å². The topological polar surface area (TPSA) is 66.4 Å². The largest absolute Gasteiger partial charge is 0.481 e. The summed E-state index contributed by atoms with van der Waals surface area (Å²) in [4.78, 5) is 23.1. The first-order chi connectivity index (χ1) is 8.06. The number of hydrogen-bond donors (Lipinski definition) is 2. The molecule has 17 heavy (non-hydrogen) atoms. The molecule has 1 amide bonds. The maximum atomic E-state index is 12.0. The average molecular weight is 239 g/mol. The van der Waals surface area contributed by atoms with Gasteiger partial charge in [0.2, 0.25) is 5.91 Å². The summed E-state index contributed by atoms with van der Waals surface area (Å²) in [6.07, 6.45) is 6.66. The van der Waals surface area contributed by atoms with Crippen LogP contribution in [0.5, 0.6) is 0 Å². The molecule has 0 aromatic rings. The van der Waals surface area contributed by atoms with Gasteiger partial charge in [0.15, 0.2) is 0 Å². The highest BCUT2D eigenvalue weighted by Gasteiger charge is 2.34. The number of rotatable bonds is 5. The molecule has 0 bridgehead atoms. The smallest absolute Gasteiger partial charge is 0.307 e. The molecule has 0 saturated heterocycles. The van der Waals surface area contributed by atoms with E-state index in [0.29, 0.717) is 12.8 Å². The van der Waals surface area contributed by atoms with E-state index in [2.05, 4.69) is 12.2 Å². The van der Waals surface area contributed by atoms with Gasteiger partial charge in [0, 0.05) is 6.04 Å². The van der Waals surface area contributed by atoms with Gasteiger partial charge in [-0.15, -0.1) is 0 Å². The summed E-state index contributed by atoms with van der Waals surface area (Å²) >= 11 is 0. The van der Waals surface area contributed by atoms with Crippen LogP contribution in [0.15, 0.2) is 12.2 Å². The van der Waals surface area contributed by atoms with E-state index >= 15 is 0 Å². The Labute approximate surface area is 102 Å². The predicted octanol–water partition coefficient (Wildman–Crippen LogP) is 1.96.